The Morgan fingerprint density at radius 2 is 1.29 bits per heavy atom. The monoisotopic (exact) mass is 478 g/mol. The first-order chi connectivity index (χ1) is 16.8. The van der Waals surface area contributed by atoms with Crippen molar-refractivity contribution in [2.75, 3.05) is 12.9 Å². The molecule has 0 amide bonds. The van der Waals surface area contributed by atoms with Gasteiger partial charge in [0.25, 0.3) is 0 Å². The molecule has 5 rings (SSSR count). The highest BCUT2D eigenvalue weighted by Crippen LogP contribution is 2.39. The summed E-state index contributed by atoms with van der Waals surface area (Å²) in [4.78, 5) is 0. The van der Waals surface area contributed by atoms with Gasteiger partial charge in [-0.15, -0.1) is 11.8 Å². The number of hydrogen-bond acceptors (Lipinski definition) is 6. The van der Waals surface area contributed by atoms with E-state index < -0.39 is 6.29 Å². The molecule has 2 aliphatic rings. The molecule has 0 radical (unpaired) electrons. The van der Waals surface area contributed by atoms with Gasteiger partial charge in [-0.3, -0.25) is 0 Å². The topological polar surface area (TPSA) is 46.2 Å². The van der Waals surface area contributed by atoms with Gasteiger partial charge in [-0.1, -0.05) is 91.0 Å². The third-order valence-electron chi connectivity index (χ3n) is 6.16. The van der Waals surface area contributed by atoms with Crippen LogP contribution in [0.25, 0.3) is 0 Å². The smallest absolute Gasteiger partial charge is 0.184 e. The predicted molar refractivity (Wildman–Crippen MR) is 132 cm³/mol. The molecule has 3 aromatic rings. The zero-order valence-corrected chi connectivity index (χ0v) is 20.0. The van der Waals surface area contributed by atoms with E-state index >= 15 is 0 Å². The minimum absolute atomic E-state index is 0.189. The van der Waals surface area contributed by atoms with Gasteiger partial charge >= 0.3 is 0 Å². The quantitative estimate of drug-likeness (QED) is 0.434. The van der Waals surface area contributed by atoms with Gasteiger partial charge in [0, 0.05) is 5.56 Å². The lowest BCUT2D eigenvalue weighted by Crippen LogP contribution is -2.62. The maximum absolute atomic E-state index is 6.56. The van der Waals surface area contributed by atoms with Crippen molar-refractivity contribution in [3.63, 3.8) is 0 Å². The van der Waals surface area contributed by atoms with E-state index in [0.717, 1.165) is 16.7 Å². The summed E-state index contributed by atoms with van der Waals surface area (Å²) in [6.45, 7) is 1.40. The first-order valence-corrected chi connectivity index (χ1v) is 12.9. The normalized spacial score (nSPS) is 28.9. The fourth-order valence-corrected chi connectivity index (χ4v) is 5.17. The van der Waals surface area contributed by atoms with Crippen LogP contribution >= 0.6 is 11.8 Å². The van der Waals surface area contributed by atoms with Crippen LogP contribution in [0, 0.1) is 0 Å². The van der Waals surface area contributed by atoms with E-state index in [4.69, 9.17) is 23.7 Å². The summed E-state index contributed by atoms with van der Waals surface area (Å²) in [5.41, 5.74) is 3.02. The van der Waals surface area contributed by atoms with Crippen LogP contribution in [0.2, 0.25) is 0 Å². The minimum atomic E-state index is -0.463. The van der Waals surface area contributed by atoms with Gasteiger partial charge in [0.15, 0.2) is 6.29 Å². The Balaban J connectivity index is 1.39. The van der Waals surface area contributed by atoms with Gasteiger partial charge in [0.05, 0.1) is 19.8 Å². The standard InChI is InChI=1S/C28H30O5S/c1-34-28-26(30-18-21-13-7-3-8-14-21)25(29-17-20-11-5-2-6-12-20)24-23(32-28)19-31-27(33-24)22-15-9-4-10-16-22/h2-16,23-28H,17-19H2,1H3/t23?,24-,25-,26?,27?,28+/m1/s1. The summed E-state index contributed by atoms with van der Waals surface area (Å²) in [5, 5.41) is 0. The van der Waals surface area contributed by atoms with Gasteiger partial charge in [-0.25, -0.2) is 0 Å². The Kier molecular flexibility index (Phi) is 7.96. The fourth-order valence-electron chi connectivity index (χ4n) is 4.42. The molecule has 0 saturated carbocycles. The highest BCUT2D eigenvalue weighted by Gasteiger charge is 2.51. The molecular formula is C28H30O5S. The maximum atomic E-state index is 6.56. The molecule has 2 fully saturated rings. The number of benzene rings is 3. The molecule has 3 aromatic carbocycles. The van der Waals surface area contributed by atoms with Crippen LogP contribution in [0.15, 0.2) is 91.0 Å². The van der Waals surface area contributed by atoms with Crippen LogP contribution in [-0.2, 0) is 36.9 Å². The summed E-state index contributed by atoms with van der Waals surface area (Å²) in [5.74, 6) is 0. The summed E-state index contributed by atoms with van der Waals surface area (Å²) < 4.78 is 32.0. The molecule has 0 aliphatic carbocycles. The molecule has 0 spiro atoms. The highest BCUT2D eigenvalue weighted by atomic mass is 32.2. The third-order valence-corrected chi connectivity index (χ3v) is 7.00. The molecule has 6 heteroatoms. The average molecular weight is 479 g/mol. The SMILES string of the molecule is CS[C@@H]1OC2COC(c3ccccc3)O[C@H]2[C@@H](OCc2ccccc2)C1OCc1ccccc1. The number of rotatable bonds is 8. The molecule has 34 heavy (non-hydrogen) atoms. The molecule has 2 aliphatic heterocycles. The van der Waals surface area contributed by atoms with E-state index in [-0.39, 0.29) is 29.9 Å². The molecule has 2 saturated heterocycles. The number of fused-ring (bicyclic) bond motifs is 1. The van der Waals surface area contributed by atoms with E-state index in [1.807, 2.05) is 73.0 Å². The molecule has 178 valence electrons. The summed E-state index contributed by atoms with van der Waals surface area (Å²) in [6, 6.07) is 30.4. The van der Waals surface area contributed by atoms with Crippen molar-refractivity contribution in [1.29, 1.82) is 0 Å². The van der Waals surface area contributed by atoms with Crippen molar-refractivity contribution in [2.45, 2.75) is 49.4 Å². The van der Waals surface area contributed by atoms with Crippen molar-refractivity contribution in [2.24, 2.45) is 0 Å². The summed E-state index contributed by atoms with van der Waals surface area (Å²) in [7, 11) is 0. The van der Waals surface area contributed by atoms with Crippen LogP contribution in [0.5, 0.6) is 0 Å². The minimum Gasteiger partial charge on any atom is -0.368 e. The zero-order chi connectivity index (χ0) is 23.2. The Morgan fingerprint density at radius 3 is 1.88 bits per heavy atom. The predicted octanol–water partition coefficient (Wildman–Crippen LogP) is 5.36. The number of hydrogen-bond donors (Lipinski definition) is 0. The second-order valence-corrected chi connectivity index (χ2v) is 9.41. The van der Waals surface area contributed by atoms with Gasteiger partial charge in [-0.05, 0) is 17.4 Å². The van der Waals surface area contributed by atoms with E-state index in [2.05, 4.69) is 24.3 Å². The molecule has 6 atom stereocenters. The zero-order valence-electron chi connectivity index (χ0n) is 19.2. The van der Waals surface area contributed by atoms with Gasteiger partial charge < -0.3 is 23.7 Å². The average Bonchev–Trinajstić information content (AvgIpc) is 2.91. The molecule has 0 aromatic heterocycles. The van der Waals surface area contributed by atoms with Crippen molar-refractivity contribution in [3.8, 4) is 0 Å². The lowest BCUT2D eigenvalue weighted by atomic mass is 9.98. The van der Waals surface area contributed by atoms with Crippen molar-refractivity contribution in [3.05, 3.63) is 108 Å². The second-order valence-electron chi connectivity index (χ2n) is 8.48. The maximum Gasteiger partial charge on any atom is 0.184 e. The molecule has 5 nitrogen and oxygen atoms in total. The van der Waals surface area contributed by atoms with Crippen molar-refractivity contribution in [1.82, 2.24) is 0 Å². The van der Waals surface area contributed by atoms with E-state index in [0.29, 0.717) is 19.8 Å². The van der Waals surface area contributed by atoms with Crippen molar-refractivity contribution >= 4 is 11.8 Å². The van der Waals surface area contributed by atoms with E-state index in [1.165, 1.54) is 0 Å². The van der Waals surface area contributed by atoms with E-state index in [9.17, 15) is 0 Å². The Bertz CT molecular complexity index is 997. The first kappa shape index (κ1) is 23.5. The largest absolute Gasteiger partial charge is 0.368 e. The first-order valence-electron chi connectivity index (χ1n) is 11.6. The van der Waals surface area contributed by atoms with Crippen LogP contribution in [0.4, 0.5) is 0 Å². The van der Waals surface area contributed by atoms with Gasteiger partial charge in [0.1, 0.15) is 29.9 Å². The molecule has 0 bridgehead atoms. The van der Waals surface area contributed by atoms with Crippen molar-refractivity contribution < 1.29 is 23.7 Å². The summed E-state index contributed by atoms with van der Waals surface area (Å²) >= 11 is 1.63. The Labute approximate surface area is 205 Å². The number of ether oxygens (including phenoxy) is 5. The number of thioether (sulfide) groups is 1. The second kappa shape index (κ2) is 11.5. The highest BCUT2D eigenvalue weighted by molar-refractivity contribution is 7.99. The molecular weight excluding hydrogens is 448 g/mol. The fraction of sp³-hybridized carbons (Fsp3) is 0.357. The van der Waals surface area contributed by atoms with Gasteiger partial charge in [0.2, 0.25) is 0 Å². The third kappa shape index (κ3) is 5.54. The van der Waals surface area contributed by atoms with Crippen LogP contribution in [-0.4, -0.2) is 42.7 Å². The molecule has 0 N–H and O–H groups in total. The summed E-state index contributed by atoms with van der Waals surface area (Å²) in [6.07, 6.45) is 0.427. The van der Waals surface area contributed by atoms with Crippen LogP contribution in [0.3, 0.4) is 0 Å². The Hall–Kier alpha value is -2.19. The molecule has 3 unspecified atom stereocenters. The van der Waals surface area contributed by atoms with E-state index in [1.54, 1.807) is 11.8 Å². The molecule has 2 heterocycles. The van der Waals surface area contributed by atoms with Crippen LogP contribution in [0.1, 0.15) is 23.0 Å². The lowest BCUT2D eigenvalue weighted by Gasteiger charge is -2.49. The lowest BCUT2D eigenvalue weighted by molar-refractivity contribution is -0.329. The van der Waals surface area contributed by atoms with Gasteiger partial charge in [-0.2, -0.15) is 0 Å². The van der Waals surface area contributed by atoms with Crippen LogP contribution < -0.4 is 0 Å². The Morgan fingerprint density at radius 1 is 0.735 bits per heavy atom.